The molecule has 1 amide bonds. The van der Waals surface area contributed by atoms with Gasteiger partial charge in [-0.15, -0.1) is 0 Å². The SMILES string of the molecule is COc1ccc(-n2nc(C)cc2C(=O)Nc2ccc(C(N)=NC3CCC(C(O)O)CC3)cc2)c(S(C)(=O)=O)c1. The van der Waals surface area contributed by atoms with Crippen LogP contribution in [0.3, 0.4) is 0 Å². The van der Waals surface area contributed by atoms with Crippen LogP contribution in [0.25, 0.3) is 5.69 Å². The van der Waals surface area contributed by atoms with Crippen LogP contribution in [0.15, 0.2) is 58.4 Å². The number of ether oxygens (including phenoxy) is 1. The number of hydrogen-bond donors (Lipinski definition) is 4. The van der Waals surface area contributed by atoms with Gasteiger partial charge < -0.3 is 26.0 Å². The van der Waals surface area contributed by atoms with Gasteiger partial charge in [-0.3, -0.25) is 9.79 Å². The molecule has 2 aromatic carbocycles. The van der Waals surface area contributed by atoms with E-state index in [1.54, 1.807) is 49.4 Å². The number of methoxy groups -OCH3 is 1. The number of aliphatic imine (C=N–C) groups is 1. The Kier molecular flexibility index (Phi) is 8.38. The number of amides is 1. The van der Waals surface area contributed by atoms with Crippen molar-refractivity contribution in [2.75, 3.05) is 18.7 Å². The lowest BCUT2D eigenvalue weighted by atomic mass is 9.86. The number of carbonyl (C=O) groups excluding carboxylic acids is 1. The minimum atomic E-state index is -3.65. The number of aliphatic hydroxyl groups excluding tert-OH is 1. The van der Waals surface area contributed by atoms with Gasteiger partial charge >= 0.3 is 0 Å². The number of nitrogens with one attached hydrogen (secondary N) is 1. The van der Waals surface area contributed by atoms with E-state index in [0.717, 1.165) is 19.1 Å². The molecule has 0 radical (unpaired) electrons. The van der Waals surface area contributed by atoms with Crippen LogP contribution in [0.4, 0.5) is 5.69 Å². The van der Waals surface area contributed by atoms with Gasteiger partial charge in [0.05, 0.1) is 29.4 Å². The number of rotatable bonds is 8. The first kappa shape index (κ1) is 28.3. The monoisotopic (exact) mass is 555 g/mol. The topological polar surface area (TPSA) is 169 Å². The van der Waals surface area contributed by atoms with Crippen molar-refractivity contribution in [3.63, 3.8) is 0 Å². The quantitative estimate of drug-likeness (QED) is 0.187. The minimum absolute atomic E-state index is 0.0147. The first-order valence-electron chi connectivity index (χ1n) is 12.5. The third-order valence-corrected chi connectivity index (χ3v) is 7.91. The number of hydrogen-bond acceptors (Lipinski definition) is 8. The van der Waals surface area contributed by atoms with Crippen molar-refractivity contribution < 1.29 is 28.2 Å². The molecule has 3 aromatic rings. The van der Waals surface area contributed by atoms with E-state index in [4.69, 9.17) is 10.5 Å². The van der Waals surface area contributed by atoms with E-state index >= 15 is 0 Å². The molecule has 1 heterocycles. The Labute approximate surface area is 227 Å². The predicted molar refractivity (Wildman–Crippen MR) is 147 cm³/mol. The average Bonchev–Trinajstić information content (AvgIpc) is 3.30. The lowest BCUT2D eigenvalue weighted by Crippen LogP contribution is -2.28. The van der Waals surface area contributed by atoms with Crippen LogP contribution < -0.4 is 15.8 Å². The Morgan fingerprint density at radius 3 is 2.38 bits per heavy atom. The maximum absolute atomic E-state index is 13.2. The molecule has 1 aliphatic rings. The molecule has 208 valence electrons. The van der Waals surface area contributed by atoms with Crippen molar-refractivity contribution in [1.29, 1.82) is 0 Å². The maximum Gasteiger partial charge on any atom is 0.274 e. The van der Waals surface area contributed by atoms with Crippen LogP contribution in [-0.4, -0.2) is 65.9 Å². The third-order valence-electron chi connectivity index (χ3n) is 6.78. The summed E-state index contributed by atoms with van der Waals surface area (Å²) in [5.74, 6) is 0.155. The van der Waals surface area contributed by atoms with Crippen molar-refractivity contribution in [3.05, 3.63) is 65.5 Å². The molecule has 0 atom stereocenters. The molecule has 0 spiro atoms. The number of benzene rings is 2. The van der Waals surface area contributed by atoms with Crippen molar-refractivity contribution in [1.82, 2.24) is 9.78 Å². The average molecular weight is 556 g/mol. The zero-order chi connectivity index (χ0) is 28.3. The van der Waals surface area contributed by atoms with E-state index in [1.807, 2.05) is 0 Å². The van der Waals surface area contributed by atoms with Crippen molar-refractivity contribution in [2.24, 2.45) is 16.6 Å². The first-order chi connectivity index (χ1) is 18.5. The lowest BCUT2D eigenvalue weighted by molar-refractivity contribution is -0.0934. The van der Waals surface area contributed by atoms with Crippen molar-refractivity contribution in [2.45, 2.75) is 49.8 Å². The number of sulfone groups is 1. The van der Waals surface area contributed by atoms with E-state index in [9.17, 15) is 23.4 Å². The van der Waals surface area contributed by atoms with Crippen LogP contribution in [0.2, 0.25) is 0 Å². The van der Waals surface area contributed by atoms with Gasteiger partial charge in [0.1, 0.15) is 17.3 Å². The molecule has 0 unspecified atom stereocenters. The molecular weight excluding hydrogens is 522 g/mol. The Hall–Kier alpha value is -3.74. The number of anilines is 1. The van der Waals surface area contributed by atoms with Gasteiger partial charge in [0.25, 0.3) is 5.91 Å². The largest absolute Gasteiger partial charge is 0.497 e. The number of nitrogens with zero attached hydrogens (tertiary/aromatic N) is 3. The molecule has 4 rings (SSSR count). The summed E-state index contributed by atoms with van der Waals surface area (Å²) in [6.45, 7) is 1.71. The number of aryl methyl sites for hydroxylation is 1. The van der Waals surface area contributed by atoms with Crippen molar-refractivity contribution >= 4 is 27.3 Å². The zero-order valence-corrected chi connectivity index (χ0v) is 22.9. The van der Waals surface area contributed by atoms with Crippen molar-refractivity contribution in [3.8, 4) is 11.4 Å². The van der Waals surface area contributed by atoms with Gasteiger partial charge in [-0.1, -0.05) is 0 Å². The number of amidine groups is 1. The molecule has 1 saturated carbocycles. The number of carbonyl (C=O) groups is 1. The van der Waals surface area contributed by atoms with E-state index < -0.39 is 22.0 Å². The molecule has 12 heteroatoms. The highest BCUT2D eigenvalue weighted by molar-refractivity contribution is 7.90. The van der Waals surface area contributed by atoms with E-state index in [2.05, 4.69) is 15.4 Å². The first-order valence-corrected chi connectivity index (χ1v) is 14.4. The maximum atomic E-state index is 13.2. The third kappa shape index (κ3) is 6.64. The fourth-order valence-corrected chi connectivity index (χ4v) is 5.52. The lowest BCUT2D eigenvalue weighted by Gasteiger charge is -2.27. The fourth-order valence-electron chi connectivity index (χ4n) is 4.66. The Morgan fingerprint density at radius 2 is 1.79 bits per heavy atom. The standard InChI is InChI=1S/C27H33N5O6S/c1-16-14-23(32(31-16)22-13-12-21(38-2)15-24(22)39(3,36)37)26(33)30-20-8-4-17(5-9-20)25(28)29-19-10-6-18(7-11-19)27(34)35/h4-5,8-9,12-15,18-19,27,34-35H,6-7,10-11H2,1-3H3,(H2,28,29)(H,30,33). The highest BCUT2D eigenvalue weighted by atomic mass is 32.2. The highest BCUT2D eigenvalue weighted by Crippen LogP contribution is 2.29. The van der Waals surface area contributed by atoms with Crippen LogP contribution in [0.1, 0.15) is 47.4 Å². The zero-order valence-electron chi connectivity index (χ0n) is 22.0. The summed E-state index contributed by atoms with van der Waals surface area (Å²) in [4.78, 5) is 17.8. The fraction of sp³-hybridized carbons (Fsp3) is 0.370. The second-order valence-electron chi connectivity index (χ2n) is 9.72. The molecule has 0 saturated heterocycles. The second kappa shape index (κ2) is 11.6. The summed E-state index contributed by atoms with van der Waals surface area (Å²) >= 11 is 0. The summed E-state index contributed by atoms with van der Waals surface area (Å²) in [5.41, 5.74) is 8.37. The van der Waals surface area contributed by atoms with E-state index in [1.165, 1.54) is 17.9 Å². The Morgan fingerprint density at radius 1 is 1.13 bits per heavy atom. The molecule has 0 bridgehead atoms. The smallest absolute Gasteiger partial charge is 0.274 e. The number of aliphatic hydroxyl groups is 2. The minimum Gasteiger partial charge on any atom is -0.497 e. The van der Waals surface area contributed by atoms with Crippen LogP contribution in [0.5, 0.6) is 5.75 Å². The predicted octanol–water partition coefficient (Wildman–Crippen LogP) is 2.42. The summed E-state index contributed by atoms with van der Waals surface area (Å²) in [5, 5.41) is 25.9. The van der Waals surface area contributed by atoms with Gasteiger partial charge in [-0.2, -0.15) is 5.10 Å². The summed E-state index contributed by atoms with van der Waals surface area (Å²) in [6.07, 6.45) is 2.63. The Balaban J connectivity index is 1.51. The van der Waals surface area contributed by atoms with Gasteiger partial charge in [-0.25, -0.2) is 13.1 Å². The Bertz CT molecular complexity index is 1470. The van der Waals surface area contributed by atoms with Gasteiger partial charge in [-0.05, 0) is 75.1 Å². The summed E-state index contributed by atoms with van der Waals surface area (Å²) in [6, 6.07) is 13.1. The normalized spacial score (nSPS) is 18.3. The van der Waals surface area contributed by atoms with Gasteiger partial charge in [0, 0.05) is 29.5 Å². The van der Waals surface area contributed by atoms with Crippen LogP contribution in [-0.2, 0) is 9.84 Å². The second-order valence-corrected chi connectivity index (χ2v) is 11.7. The molecule has 1 fully saturated rings. The van der Waals surface area contributed by atoms with Gasteiger partial charge in [0.2, 0.25) is 0 Å². The van der Waals surface area contributed by atoms with Gasteiger partial charge in [0.15, 0.2) is 16.1 Å². The van der Waals surface area contributed by atoms with Crippen LogP contribution >= 0.6 is 0 Å². The number of aromatic nitrogens is 2. The van der Waals surface area contributed by atoms with Crippen LogP contribution in [0, 0.1) is 12.8 Å². The molecule has 11 nitrogen and oxygen atoms in total. The molecule has 5 N–H and O–H groups in total. The molecule has 1 aromatic heterocycles. The highest BCUT2D eigenvalue weighted by Gasteiger charge is 2.25. The summed E-state index contributed by atoms with van der Waals surface area (Å²) < 4.78 is 31.5. The molecule has 1 aliphatic carbocycles. The molecule has 0 aliphatic heterocycles. The van der Waals surface area contributed by atoms with E-state index in [0.29, 0.717) is 41.4 Å². The van der Waals surface area contributed by atoms with E-state index in [-0.39, 0.29) is 28.2 Å². The number of nitrogens with two attached hydrogens (primary N) is 1. The summed E-state index contributed by atoms with van der Waals surface area (Å²) in [7, 11) is -2.21. The molecule has 39 heavy (non-hydrogen) atoms. The molecular formula is C27H33N5O6S.